The van der Waals surface area contributed by atoms with Gasteiger partial charge >= 0.3 is 11.9 Å². The van der Waals surface area contributed by atoms with Gasteiger partial charge in [0.1, 0.15) is 5.56 Å². The molecule has 2 N–H and O–H groups in total. The molecule has 142 valence electrons. The SMILES string of the molecule is CCOC(=O)c1c(C)[nH]n2c(=O)cc(CNC(C)(C)CC(=O)OC)nc12. The first kappa shape index (κ1) is 19.6. The van der Waals surface area contributed by atoms with Gasteiger partial charge in [-0.15, -0.1) is 0 Å². The van der Waals surface area contributed by atoms with Crippen LogP contribution in [0, 0.1) is 6.92 Å². The lowest BCUT2D eigenvalue weighted by Crippen LogP contribution is -2.41. The molecule has 26 heavy (non-hydrogen) atoms. The quantitative estimate of drug-likeness (QED) is 0.703. The van der Waals surface area contributed by atoms with Crippen LogP contribution in [0.3, 0.4) is 0 Å². The van der Waals surface area contributed by atoms with Crippen LogP contribution in [0.4, 0.5) is 0 Å². The topological polar surface area (TPSA) is 115 Å². The van der Waals surface area contributed by atoms with Gasteiger partial charge in [-0.3, -0.25) is 14.7 Å². The molecular formula is C17H24N4O5. The fraction of sp³-hybridized carbons (Fsp3) is 0.529. The third-order valence-electron chi connectivity index (χ3n) is 3.89. The number of carbonyl (C=O) groups excluding carboxylic acids is 2. The summed E-state index contributed by atoms with van der Waals surface area (Å²) in [6, 6.07) is 1.37. The fourth-order valence-corrected chi connectivity index (χ4v) is 2.56. The van der Waals surface area contributed by atoms with Gasteiger partial charge in [0, 0.05) is 23.8 Å². The van der Waals surface area contributed by atoms with E-state index in [0.29, 0.717) is 11.4 Å². The van der Waals surface area contributed by atoms with E-state index in [0.717, 1.165) is 0 Å². The number of hydrogen-bond acceptors (Lipinski definition) is 7. The molecule has 0 amide bonds. The second-order valence-corrected chi connectivity index (χ2v) is 6.57. The van der Waals surface area contributed by atoms with Crippen molar-refractivity contribution < 1.29 is 19.1 Å². The molecule has 0 aliphatic rings. The zero-order chi connectivity index (χ0) is 19.5. The maximum atomic E-state index is 12.3. The van der Waals surface area contributed by atoms with Gasteiger partial charge in [-0.05, 0) is 27.7 Å². The lowest BCUT2D eigenvalue weighted by atomic mass is 10.0. The summed E-state index contributed by atoms with van der Waals surface area (Å²) >= 11 is 0. The van der Waals surface area contributed by atoms with Gasteiger partial charge in [0.15, 0.2) is 5.65 Å². The van der Waals surface area contributed by atoms with Crippen molar-refractivity contribution in [1.82, 2.24) is 19.9 Å². The number of hydrogen-bond donors (Lipinski definition) is 2. The monoisotopic (exact) mass is 364 g/mol. The zero-order valence-corrected chi connectivity index (χ0v) is 15.6. The number of H-pyrrole nitrogens is 1. The van der Waals surface area contributed by atoms with Crippen molar-refractivity contribution in [3.05, 3.63) is 33.4 Å². The Bertz CT molecular complexity index is 881. The molecule has 0 saturated carbocycles. The summed E-state index contributed by atoms with van der Waals surface area (Å²) in [5.74, 6) is -0.872. The third kappa shape index (κ3) is 4.29. The second-order valence-electron chi connectivity index (χ2n) is 6.57. The Morgan fingerprint density at radius 1 is 1.38 bits per heavy atom. The average molecular weight is 364 g/mol. The molecule has 2 rings (SSSR count). The van der Waals surface area contributed by atoms with E-state index in [9.17, 15) is 14.4 Å². The number of aryl methyl sites for hydroxylation is 1. The number of fused-ring (bicyclic) bond motifs is 1. The molecule has 0 bridgehead atoms. The summed E-state index contributed by atoms with van der Waals surface area (Å²) in [6.07, 6.45) is 0.169. The van der Waals surface area contributed by atoms with Gasteiger partial charge in [0.2, 0.25) is 0 Å². The molecule has 0 unspecified atom stereocenters. The second kappa shape index (κ2) is 7.69. The highest BCUT2D eigenvalue weighted by atomic mass is 16.5. The predicted octanol–water partition coefficient (Wildman–Crippen LogP) is 0.939. The number of aromatic nitrogens is 3. The van der Waals surface area contributed by atoms with E-state index in [1.54, 1.807) is 13.8 Å². The number of ether oxygens (including phenoxy) is 2. The molecular weight excluding hydrogens is 340 g/mol. The van der Waals surface area contributed by atoms with Crippen LogP contribution in [0.15, 0.2) is 10.9 Å². The Balaban J connectivity index is 2.32. The number of rotatable bonds is 7. The van der Waals surface area contributed by atoms with Crippen molar-refractivity contribution in [3.63, 3.8) is 0 Å². The van der Waals surface area contributed by atoms with Gasteiger partial charge in [-0.1, -0.05) is 0 Å². The van der Waals surface area contributed by atoms with Gasteiger partial charge in [-0.2, -0.15) is 0 Å². The van der Waals surface area contributed by atoms with Crippen molar-refractivity contribution in [1.29, 1.82) is 0 Å². The van der Waals surface area contributed by atoms with Crippen LogP contribution in [0.1, 0.15) is 48.9 Å². The number of aromatic amines is 1. The molecule has 0 fully saturated rings. The molecule has 9 nitrogen and oxygen atoms in total. The van der Waals surface area contributed by atoms with Gasteiger partial charge in [0.05, 0.1) is 25.8 Å². The maximum Gasteiger partial charge on any atom is 0.343 e. The van der Waals surface area contributed by atoms with Crippen LogP contribution >= 0.6 is 0 Å². The van der Waals surface area contributed by atoms with Crippen LogP contribution in [0.25, 0.3) is 5.65 Å². The predicted molar refractivity (Wildman–Crippen MR) is 94.1 cm³/mol. The Labute approximate surface area is 150 Å². The number of nitrogens with one attached hydrogen (secondary N) is 2. The van der Waals surface area contributed by atoms with Crippen molar-refractivity contribution in [3.8, 4) is 0 Å². The van der Waals surface area contributed by atoms with E-state index >= 15 is 0 Å². The van der Waals surface area contributed by atoms with Gasteiger partial charge in [-0.25, -0.2) is 14.3 Å². The van der Waals surface area contributed by atoms with Crippen molar-refractivity contribution >= 4 is 17.6 Å². The first-order chi connectivity index (χ1) is 12.2. The van der Waals surface area contributed by atoms with Crippen LogP contribution < -0.4 is 10.9 Å². The van der Waals surface area contributed by atoms with Gasteiger partial charge in [0.25, 0.3) is 5.56 Å². The molecule has 9 heteroatoms. The number of nitrogens with zero attached hydrogens (tertiary/aromatic N) is 2. The van der Waals surface area contributed by atoms with Crippen molar-refractivity contribution in [2.75, 3.05) is 13.7 Å². The highest BCUT2D eigenvalue weighted by Crippen LogP contribution is 2.15. The first-order valence-corrected chi connectivity index (χ1v) is 8.28. The normalized spacial score (nSPS) is 11.6. The van der Waals surface area contributed by atoms with Crippen molar-refractivity contribution in [2.45, 2.75) is 46.2 Å². The average Bonchev–Trinajstić information content (AvgIpc) is 2.89. The van der Waals surface area contributed by atoms with Gasteiger partial charge < -0.3 is 14.8 Å². The van der Waals surface area contributed by atoms with Crippen LogP contribution in [-0.2, 0) is 20.8 Å². The summed E-state index contributed by atoms with van der Waals surface area (Å²) in [7, 11) is 1.33. The first-order valence-electron chi connectivity index (χ1n) is 8.28. The van der Waals surface area contributed by atoms with E-state index in [4.69, 9.17) is 4.74 Å². The minimum atomic E-state index is -0.544. The van der Waals surface area contributed by atoms with E-state index in [1.165, 1.54) is 17.7 Å². The largest absolute Gasteiger partial charge is 0.469 e. The molecule has 0 spiro atoms. The Kier molecular flexibility index (Phi) is 5.81. The van der Waals surface area contributed by atoms with E-state index in [1.807, 2.05) is 13.8 Å². The minimum Gasteiger partial charge on any atom is -0.469 e. The highest BCUT2D eigenvalue weighted by molar-refractivity contribution is 5.97. The molecule has 0 aliphatic carbocycles. The Morgan fingerprint density at radius 3 is 2.69 bits per heavy atom. The standard InChI is InChI=1S/C17H24N4O5/c1-6-26-16(24)14-10(2)20-21-12(22)7-11(19-15(14)21)9-18-17(3,4)8-13(23)25-5/h7,18,20H,6,8-9H2,1-5H3. The summed E-state index contributed by atoms with van der Waals surface area (Å²) < 4.78 is 10.9. The summed E-state index contributed by atoms with van der Waals surface area (Å²) in [5.41, 5.74) is 0.534. The number of esters is 2. The van der Waals surface area contributed by atoms with E-state index in [-0.39, 0.29) is 42.3 Å². The fourth-order valence-electron chi connectivity index (χ4n) is 2.56. The molecule has 2 aromatic rings. The maximum absolute atomic E-state index is 12.3. The smallest absolute Gasteiger partial charge is 0.343 e. The minimum absolute atomic E-state index is 0.169. The lowest BCUT2D eigenvalue weighted by molar-refractivity contribution is -0.142. The number of carbonyl (C=O) groups is 2. The molecule has 0 aromatic carbocycles. The van der Waals surface area contributed by atoms with Crippen LogP contribution in [0.2, 0.25) is 0 Å². The highest BCUT2D eigenvalue weighted by Gasteiger charge is 2.23. The van der Waals surface area contributed by atoms with E-state index in [2.05, 4.69) is 20.1 Å². The molecule has 2 aromatic heterocycles. The molecule has 0 atom stereocenters. The Morgan fingerprint density at radius 2 is 2.08 bits per heavy atom. The lowest BCUT2D eigenvalue weighted by Gasteiger charge is -2.24. The van der Waals surface area contributed by atoms with E-state index < -0.39 is 11.5 Å². The molecule has 2 heterocycles. The van der Waals surface area contributed by atoms with Crippen LogP contribution in [-0.4, -0.2) is 45.8 Å². The summed E-state index contributed by atoms with van der Waals surface area (Å²) in [4.78, 5) is 40.4. The molecule has 0 radical (unpaired) electrons. The summed E-state index contributed by atoms with van der Waals surface area (Å²) in [6.45, 7) is 7.56. The third-order valence-corrected chi connectivity index (χ3v) is 3.89. The van der Waals surface area contributed by atoms with Crippen molar-refractivity contribution in [2.24, 2.45) is 0 Å². The molecule has 0 aliphatic heterocycles. The Hall–Kier alpha value is -2.68. The summed E-state index contributed by atoms with van der Waals surface area (Å²) in [5, 5.41) is 6.00. The van der Waals surface area contributed by atoms with Crippen LogP contribution in [0.5, 0.6) is 0 Å². The molecule has 0 saturated heterocycles. The zero-order valence-electron chi connectivity index (χ0n) is 15.6. The number of methoxy groups -OCH3 is 1.